The Kier molecular flexibility index (Phi) is 4.70. The molecule has 106 valence electrons. The van der Waals surface area contributed by atoms with E-state index in [1.807, 2.05) is 0 Å². The van der Waals surface area contributed by atoms with Gasteiger partial charge < -0.3 is 15.0 Å². The standard InChI is InChI=1S/C16H26N2O/c1-12(2)19-16-7-5-15(6-8-16)18-10-9-13(3)17-14(4)11-18/h5-8,12-14,17H,9-11H2,1-4H3. The van der Waals surface area contributed by atoms with Gasteiger partial charge in [0.2, 0.25) is 0 Å². The lowest BCUT2D eigenvalue weighted by Crippen LogP contribution is -2.37. The Bertz CT molecular complexity index is 388. The van der Waals surface area contributed by atoms with Gasteiger partial charge in [0.1, 0.15) is 5.75 Å². The van der Waals surface area contributed by atoms with Crippen molar-refractivity contribution >= 4 is 5.69 Å². The summed E-state index contributed by atoms with van der Waals surface area (Å²) in [5, 5.41) is 3.61. The Morgan fingerprint density at radius 3 is 2.47 bits per heavy atom. The zero-order valence-electron chi connectivity index (χ0n) is 12.5. The highest BCUT2D eigenvalue weighted by Gasteiger charge is 2.18. The molecule has 0 aliphatic carbocycles. The van der Waals surface area contributed by atoms with Gasteiger partial charge >= 0.3 is 0 Å². The summed E-state index contributed by atoms with van der Waals surface area (Å²) in [6.45, 7) is 10.8. The Hall–Kier alpha value is -1.22. The third-order valence-corrected chi connectivity index (χ3v) is 3.47. The lowest BCUT2D eigenvalue weighted by molar-refractivity contribution is 0.242. The number of nitrogens with zero attached hydrogens (tertiary/aromatic N) is 1. The number of rotatable bonds is 3. The topological polar surface area (TPSA) is 24.5 Å². The lowest BCUT2D eigenvalue weighted by atomic mass is 10.2. The van der Waals surface area contributed by atoms with Crippen molar-refractivity contribution < 1.29 is 4.74 Å². The second kappa shape index (κ2) is 6.29. The summed E-state index contributed by atoms with van der Waals surface area (Å²) in [7, 11) is 0. The Balaban J connectivity index is 2.04. The molecule has 0 spiro atoms. The fraction of sp³-hybridized carbons (Fsp3) is 0.625. The van der Waals surface area contributed by atoms with Gasteiger partial charge in [-0.15, -0.1) is 0 Å². The van der Waals surface area contributed by atoms with Crippen molar-refractivity contribution in [3.8, 4) is 5.75 Å². The normalized spacial score (nSPS) is 24.4. The van der Waals surface area contributed by atoms with E-state index < -0.39 is 0 Å². The van der Waals surface area contributed by atoms with Crippen molar-refractivity contribution in [1.82, 2.24) is 5.32 Å². The highest BCUT2D eigenvalue weighted by atomic mass is 16.5. The third kappa shape index (κ3) is 4.13. The molecule has 1 heterocycles. The highest BCUT2D eigenvalue weighted by Crippen LogP contribution is 2.22. The van der Waals surface area contributed by atoms with E-state index in [1.165, 1.54) is 12.1 Å². The summed E-state index contributed by atoms with van der Waals surface area (Å²) in [5.41, 5.74) is 1.29. The fourth-order valence-corrected chi connectivity index (χ4v) is 2.64. The maximum Gasteiger partial charge on any atom is 0.119 e. The van der Waals surface area contributed by atoms with Crippen molar-refractivity contribution in [1.29, 1.82) is 0 Å². The molecule has 1 aromatic rings. The summed E-state index contributed by atoms with van der Waals surface area (Å²) in [6.07, 6.45) is 1.42. The van der Waals surface area contributed by atoms with Crippen LogP contribution in [0.1, 0.15) is 34.1 Å². The Morgan fingerprint density at radius 2 is 1.84 bits per heavy atom. The summed E-state index contributed by atoms with van der Waals surface area (Å²) in [4.78, 5) is 2.46. The molecule has 2 unspecified atom stereocenters. The number of hydrogen-bond donors (Lipinski definition) is 1. The van der Waals surface area contributed by atoms with Gasteiger partial charge in [0.25, 0.3) is 0 Å². The highest BCUT2D eigenvalue weighted by molar-refractivity contribution is 5.49. The van der Waals surface area contributed by atoms with Crippen LogP contribution in [0.5, 0.6) is 5.75 Å². The molecule has 0 radical (unpaired) electrons. The zero-order valence-corrected chi connectivity index (χ0v) is 12.5. The van der Waals surface area contributed by atoms with E-state index in [4.69, 9.17) is 4.74 Å². The molecule has 19 heavy (non-hydrogen) atoms. The first-order valence-corrected chi connectivity index (χ1v) is 7.32. The maximum atomic E-state index is 5.69. The van der Waals surface area contributed by atoms with E-state index in [9.17, 15) is 0 Å². The molecule has 2 rings (SSSR count). The van der Waals surface area contributed by atoms with E-state index in [2.05, 4.69) is 62.2 Å². The molecule has 1 fully saturated rings. The SMILES string of the molecule is CC1CCN(c2ccc(OC(C)C)cc2)CC(C)N1. The Labute approximate surface area is 116 Å². The van der Waals surface area contributed by atoms with Crippen molar-refractivity contribution in [2.75, 3.05) is 18.0 Å². The van der Waals surface area contributed by atoms with Crippen molar-refractivity contribution in [3.63, 3.8) is 0 Å². The molecule has 1 N–H and O–H groups in total. The molecule has 2 atom stereocenters. The summed E-state index contributed by atoms with van der Waals surface area (Å²) < 4.78 is 5.69. The molecule has 1 saturated heterocycles. The number of hydrogen-bond acceptors (Lipinski definition) is 3. The zero-order chi connectivity index (χ0) is 13.8. The van der Waals surface area contributed by atoms with Gasteiger partial charge in [-0.05, 0) is 58.4 Å². The van der Waals surface area contributed by atoms with Crippen LogP contribution in [-0.2, 0) is 0 Å². The van der Waals surface area contributed by atoms with E-state index in [-0.39, 0.29) is 6.10 Å². The first-order valence-electron chi connectivity index (χ1n) is 7.32. The van der Waals surface area contributed by atoms with Gasteiger partial charge in [0.05, 0.1) is 6.10 Å². The monoisotopic (exact) mass is 262 g/mol. The molecular formula is C16H26N2O. The molecule has 1 aliphatic rings. The van der Waals surface area contributed by atoms with Crippen molar-refractivity contribution in [3.05, 3.63) is 24.3 Å². The van der Waals surface area contributed by atoms with Gasteiger partial charge in [0, 0.05) is 30.9 Å². The van der Waals surface area contributed by atoms with E-state index in [0.717, 1.165) is 18.8 Å². The molecule has 0 bridgehead atoms. The van der Waals surface area contributed by atoms with Crippen LogP contribution in [0, 0.1) is 0 Å². The minimum Gasteiger partial charge on any atom is -0.491 e. The van der Waals surface area contributed by atoms with Crippen LogP contribution in [0.4, 0.5) is 5.69 Å². The first-order chi connectivity index (χ1) is 9.04. The van der Waals surface area contributed by atoms with Crippen molar-refractivity contribution in [2.45, 2.75) is 52.3 Å². The average Bonchev–Trinajstić information content (AvgIpc) is 2.50. The molecule has 3 nitrogen and oxygen atoms in total. The van der Waals surface area contributed by atoms with Crippen LogP contribution in [-0.4, -0.2) is 31.3 Å². The number of benzene rings is 1. The third-order valence-electron chi connectivity index (χ3n) is 3.47. The van der Waals surface area contributed by atoms with E-state index in [1.54, 1.807) is 0 Å². The van der Waals surface area contributed by atoms with Crippen molar-refractivity contribution in [2.24, 2.45) is 0 Å². The number of anilines is 1. The van der Waals surface area contributed by atoms with Gasteiger partial charge in [-0.25, -0.2) is 0 Å². The minimum atomic E-state index is 0.231. The largest absolute Gasteiger partial charge is 0.491 e. The van der Waals surface area contributed by atoms with Gasteiger partial charge in [-0.2, -0.15) is 0 Å². The second-order valence-electron chi connectivity index (χ2n) is 5.86. The predicted molar refractivity (Wildman–Crippen MR) is 81.1 cm³/mol. The molecule has 0 saturated carbocycles. The van der Waals surface area contributed by atoms with Gasteiger partial charge in [0.15, 0.2) is 0 Å². The molecule has 3 heteroatoms. The molecular weight excluding hydrogens is 236 g/mol. The number of ether oxygens (including phenoxy) is 1. The van der Waals surface area contributed by atoms with Crippen LogP contribution in [0.2, 0.25) is 0 Å². The van der Waals surface area contributed by atoms with Crippen LogP contribution in [0.15, 0.2) is 24.3 Å². The number of nitrogens with one attached hydrogen (secondary N) is 1. The van der Waals surface area contributed by atoms with Crippen LogP contribution < -0.4 is 15.0 Å². The summed E-state index contributed by atoms with van der Waals surface area (Å²) in [5.74, 6) is 0.952. The average molecular weight is 262 g/mol. The molecule has 0 aromatic heterocycles. The van der Waals surface area contributed by atoms with E-state index in [0.29, 0.717) is 12.1 Å². The predicted octanol–water partition coefficient (Wildman–Crippen LogP) is 3.05. The van der Waals surface area contributed by atoms with Crippen LogP contribution in [0.3, 0.4) is 0 Å². The van der Waals surface area contributed by atoms with Gasteiger partial charge in [-0.1, -0.05) is 0 Å². The maximum absolute atomic E-state index is 5.69. The molecule has 1 aliphatic heterocycles. The molecule has 1 aromatic carbocycles. The molecule has 0 amide bonds. The van der Waals surface area contributed by atoms with Crippen LogP contribution >= 0.6 is 0 Å². The van der Waals surface area contributed by atoms with Crippen LogP contribution in [0.25, 0.3) is 0 Å². The summed E-state index contributed by atoms with van der Waals surface area (Å²) in [6, 6.07) is 9.61. The second-order valence-corrected chi connectivity index (χ2v) is 5.86. The summed E-state index contributed by atoms with van der Waals surface area (Å²) >= 11 is 0. The smallest absolute Gasteiger partial charge is 0.119 e. The Morgan fingerprint density at radius 1 is 1.16 bits per heavy atom. The lowest BCUT2D eigenvalue weighted by Gasteiger charge is -2.25. The minimum absolute atomic E-state index is 0.231. The van der Waals surface area contributed by atoms with Gasteiger partial charge in [-0.3, -0.25) is 0 Å². The first kappa shape index (κ1) is 14.2. The van der Waals surface area contributed by atoms with E-state index >= 15 is 0 Å². The fourth-order valence-electron chi connectivity index (χ4n) is 2.64. The quantitative estimate of drug-likeness (QED) is 0.906.